The van der Waals surface area contributed by atoms with Gasteiger partial charge in [0.1, 0.15) is 11.7 Å². The number of nitrogens with zero attached hydrogens (tertiary/aromatic N) is 6. The summed E-state index contributed by atoms with van der Waals surface area (Å²) in [6, 6.07) is 9.67. The third-order valence-electron chi connectivity index (χ3n) is 5.16. The molecule has 0 unspecified atom stereocenters. The summed E-state index contributed by atoms with van der Waals surface area (Å²) in [5, 5.41) is 7.68. The highest BCUT2D eigenvalue weighted by atomic mass is 16.2. The first-order valence-electron chi connectivity index (χ1n) is 9.65. The van der Waals surface area contributed by atoms with Crippen molar-refractivity contribution in [1.29, 1.82) is 0 Å². The van der Waals surface area contributed by atoms with Crippen molar-refractivity contribution in [3.63, 3.8) is 0 Å². The van der Waals surface area contributed by atoms with Crippen LogP contribution in [0.25, 0.3) is 11.4 Å². The molecule has 8 nitrogen and oxygen atoms in total. The number of rotatable bonds is 4. The average molecular weight is 391 g/mol. The quantitative estimate of drug-likeness (QED) is 0.736. The highest BCUT2D eigenvalue weighted by Gasteiger charge is 2.34. The molecule has 8 heteroatoms. The number of fused-ring (bicyclic) bond motifs is 1. The monoisotopic (exact) mass is 391 g/mol. The molecule has 0 saturated carbocycles. The molecule has 0 bridgehead atoms. The Hall–Kier alpha value is -3.42. The number of hydrogen-bond donors (Lipinski definition) is 1. The Kier molecular flexibility index (Phi) is 4.70. The van der Waals surface area contributed by atoms with Crippen molar-refractivity contribution < 1.29 is 4.79 Å². The molecule has 3 heterocycles. The molecule has 1 aromatic carbocycles. The van der Waals surface area contributed by atoms with Gasteiger partial charge in [-0.3, -0.25) is 9.48 Å². The van der Waals surface area contributed by atoms with Gasteiger partial charge >= 0.3 is 0 Å². The maximum absolute atomic E-state index is 12.6. The lowest BCUT2D eigenvalue weighted by atomic mass is 10.0. The Morgan fingerprint density at radius 2 is 1.86 bits per heavy atom. The van der Waals surface area contributed by atoms with E-state index in [1.165, 1.54) is 0 Å². The smallest absolute Gasteiger partial charge is 0.249 e. The molecule has 29 heavy (non-hydrogen) atoms. The SMILES string of the molecule is CC(C)N1c2cc(Nc3nccc(-c4ccn(C)n4)n3)ccc2N(C)C(=O)[C@H]1C. The van der Waals surface area contributed by atoms with Crippen LogP contribution in [0.1, 0.15) is 20.8 Å². The van der Waals surface area contributed by atoms with Gasteiger partial charge in [-0.15, -0.1) is 0 Å². The Labute approximate surface area is 170 Å². The summed E-state index contributed by atoms with van der Waals surface area (Å²) in [4.78, 5) is 25.4. The van der Waals surface area contributed by atoms with Crippen molar-refractivity contribution in [2.45, 2.75) is 32.9 Å². The summed E-state index contributed by atoms with van der Waals surface area (Å²) in [5.41, 5.74) is 4.32. The van der Waals surface area contributed by atoms with Crippen LogP contribution < -0.4 is 15.1 Å². The van der Waals surface area contributed by atoms with E-state index in [-0.39, 0.29) is 18.0 Å². The molecular formula is C21H25N7O. The van der Waals surface area contributed by atoms with E-state index < -0.39 is 0 Å². The summed E-state index contributed by atoms with van der Waals surface area (Å²) in [6.07, 6.45) is 3.60. The second kappa shape index (κ2) is 7.20. The summed E-state index contributed by atoms with van der Waals surface area (Å²) in [7, 11) is 3.70. The van der Waals surface area contributed by atoms with Crippen LogP contribution in [0.15, 0.2) is 42.7 Å². The Morgan fingerprint density at radius 1 is 1.07 bits per heavy atom. The number of amides is 1. The van der Waals surface area contributed by atoms with E-state index in [4.69, 9.17) is 0 Å². The second-order valence-electron chi connectivity index (χ2n) is 7.54. The highest BCUT2D eigenvalue weighted by Crippen LogP contribution is 2.39. The van der Waals surface area contributed by atoms with Crippen LogP contribution in [0.2, 0.25) is 0 Å². The zero-order valence-electron chi connectivity index (χ0n) is 17.3. The van der Waals surface area contributed by atoms with E-state index in [9.17, 15) is 4.79 Å². The molecule has 150 valence electrons. The fraction of sp³-hybridized carbons (Fsp3) is 0.333. The molecule has 1 aliphatic heterocycles. The van der Waals surface area contributed by atoms with Gasteiger partial charge in [0.25, 0.3) is 0 Å². The second-order valence-corrected chi connectivity index (χ2v) is 7.54. The lowest BCUT2D eigenvalue weighted by Gasteiger charge is -2.42. The molecule has 0 radical (unpaired) electrons. The van der Waals surface area contributed by atoms with Gasteiger partial charge in [0, 0.05) is 38.2 Å². The largest absolute Gasteiger partial charge is 0.356 e. The summed E-state index contributed by atoms with van der Waals surface area (Å²) in [5.74, 6) is 0.593. The molecule has 4 rings (SSSR count). The van der Waals surface area contributed by atoms with Crippen LogP contribution >= 0.6 is 0 Å². The Balaban J connectivity index is 1.67. The molecule has 2 aromatic heterocycles. The number of nitrogens with one attached hydrogen (secondary N) is 1. The van der Waals surface area contributed by atoms with Gasteiger partial charge in [0.05, 0.1) is 17.1 Å². The summed E-state index contributed by atoms with van der Waals surface area (Å²) >= 11 is 0. The summed E-state index contributed by atoms with van der Waals surface area (Å²) in [6.45, 7) is 6.14. The molecular weight excluding hydrogens is 366 g/mol. The van der Waals surface area contributed by atoms with E-state index in [0.717, 1.165) is 28.5 Å². The lowest BCUT2D eigenvalue weighted by Crippen LogP contribution is -2.53. The predicted octanol–water partition coefficient (Wildman–Crippen LogP) is 3.20. The standard InChI is InChI=1S/C21H25N7O/c1-13(2)28-14(3)20(29)27(5)18-7-6-15(12-19(18)28)23-21-22-10-8-16(24-21)17-9-11-26(4)25-17/h6-14H,1-5H3,(H,22,23,24)/t14-/m1/s1. The average Bonchev–Trinajstić information content (AvgIpc) is 3.13. The van der Waals surface area contributed by atoms with E-state index in [1.807, 2.05) is 57.5 Å². The Morgan fingerprint density at radius 3 is 2.55 bits per heavy atom. The van der Waals surface area contributed by atoms with Crippen LogP contribution in [0.5, 0.6) is 0 Å². The Bertz CT molecular complexity index is 1060. The van der Waals surface area contributed by atoms with Gasteiger partial charge in [-0.25, -0.2) is 9.97 Å². The van der Waals surface area contributed by atoms with E-state index in [1.54, 1.807) is 15.8 Å². The number of carbonyl (C=O) groups excluding carboxylic acids is 1. The minimum Gasteiger partial charge on any atom is -0.356 e. The van der Waals surface area contributed by atoms with E-state index in [0.29, 0.717) is 5.95 Å². The molecule has 1 amide bonds. The van der Waals surface area contributed by atoms with Crippen molar-refractivity contribution in [2.24, 2.45) is 7.05 Å². The third-order valence-corrected chi connectivity index (χ3v) is 5.16. The number of likely N-dealkylation sites (N-methyl/N-ethyl adjacent to an activating group) is 1. The van der Waals surface area contributed by atoms with Crippen molar-refractivity contribution in [3.05, 3.63) is 42.7 Å². The zero-order valence-corrected chi connectivity index (χ0v) is 17.3. The van der Waals surface area contributed by atoms with Gasteiger partial charge < -0.3 is 15.1 Å². The topological polar surface area (TPSA) is 79.2 Å². The lowest BCUT2D eigenvalue weighted by molar-refractivity contribution is -0.119. The van der Waals surface area contributed by atoms with Crippen molar-refractivity contribution in [2.75, 3.05) is 22.2 Å². The first kappa shape index (κ1) is 18.9. The van der Waals surface area contributed by atoms with Gasteiger partial charge in [-0.1, -0.05) is 0 Å². The van der Waals surface area contributed by atoms with Crippen LogP contribution in [0, 0.1) is 0 Å². The maximum atomic E-state index is 12.6. The third kappa shape index (κ3) is 3.41. The van der Waals surface area contributed by atoms with Gasteiger partial charge in [-0.2, -0.15) is 5.10 Å². The molecule has 1 N–H and O–H groups in total. The van der Waals surface area contributed by atoms with Crippen LogP contribution in [0.4, 0.5) is 23.0 Å². The molecule has 0 saturated heterocycles. The predicted molar refractivity (Wildman–Crippen MR) is 114 cm³/mol. The fourth-order valence-electron chi connectivity index (χ4n) is 3.79. The molecule has 0 fully saturated rings. The van der Waals surface area contributed by atoms with Crippen molar-refractivity contribution in [1.82, 2.24) is 19.7 Å². The van der Waals surface area contributed by atoms with Crippen LogP contribution in [-0.2, 0) is 11.8 Å². The molecule has 0 aliphatic carbocycles. The zero-order chi connectivity index (χ0) is 20.7. The highest BCUT2D eigenvalue weighted by molar-refractivity contribution is 6.05. The number of hydrogen-bond acceptors (Lipinski definition) is 6. The minimum atomic E-state index is -0.216. The van der Waals surface area contributed by atoms with Crippen LogP contribution in [-0.4, -0.2) is 44.8 Å². The summed E-state index contributed by atoms with van der Waals surface area (Å²) < 4.78 is 1.74. The first-order valence-corrected chi connectivity index (χ1v) is 9.65. The van der Waals surface area contributed by atoms with Crippen molar-refractivity contribution in [3.8, 4) is 11.4 Å². The van der Waals surface area contributed by atoms with Gasteiger partial charge in [-0.05, 0) is 51.1 Å². The van der Waals surface area contributed by atoms with Gasteiger partial charge in [0.15, 0.2) is 0 Å². The fourth-order valence-corrected chi connectivity index (χ4v) is 3.79. The number of anilines is 4. The number of benzene rings is 1. The van der Waals surface area contributed by atoms with E-state index >= 15 is 0 Å². The minimum absolute atomic E-state index is 0.0957. The van der Waals surface area contributed by atoms with Crippen LogP contribution in [0.3, 0.4) is 0 Å². The van der Waals surface area contributed by atoms with E-state index in [2.05, 4.69) is 39.1 Å². The normalized spacial score (nSPS) is 16.3. The molecule has 0 spiro atoms. The maximum Gasteiger partial charge on any atom is 0.249 e. The number of carbonyl (C=O) groups is 1. The number of aryl methyl sites for hydroxylation is 1. The van der Waals surface area contributed by atoms with Gasteiger partial charge in [0.2, 0.25) is 11.9 Å². The van der Waals surface area contributed by atoms with Crippen molar-refractivity contribution >= 4 is 28.9 Å². The molecule has 1 aliphatic rings. The molecule has 3 aromatic rings. The molecule has 1 atom stereocenters. The first-order chi connectivity index (χ1) is 13.8. The number of aromatic nitrogens is 4.